The minimum Gasteiger partial charge on any atom is -0.367 e. The van der Waals surface area contributed by atoms with Crippen LogP contribution in [-0.4, -0.2) is 41.3 Å². The second-order valence-electron chi connectivity index (χ2n) is 8.20. The van der Waals surface area contributed by atoms with Crippen LogP contribution in [0.2, 0.25) is 0 Å². The van der Waals surface area contributed by atoms with Crippen molar-refractivity contribution in [2.45, 2.75) is 78.7 Å². The number of hydrogen-bond donors (Lipinski definition) is 1. The van der Waals surface area contributed by atoms with E-state index in [1.54, 1.807) is 0 Å². The lowest BCUT2D eigenvalue weighted by Gasteiger charge is -2.53. The van der Waals surface area contributed by atoms with E-state index < -0.39 is 0 Å². The predicted octanol–water partition coefficient (Wildman–Crippen LogP) is 2.64. The molecule has 0 saturated carbocycles. The van der Waals surface area contributed by atoms with E-state index >= 15 is 0 Å². The summed E-state index contributed by atoms with van der Waals surface area (Å²) in [7, 11) is 0. The highest BCUT2D eigenvalue weighted by Crippen LogP contribution is 2.34. The summed E-state index contributed by atoms with van der Waals surface area (Å²) in [6.45, 7) is 19.5. The molecule has 0 aromatic heterocycles. The third kappa shape index (κ3) is 3.94. The van der Waals surface area contributed by atoms with Gasteiger partial charge in [0.1, 0.15) is 0 Å². The van der Waals surface area contributed by atoms with E-state index in [1.807, 2.05) is 0 Å². The summed E-state index contributed by atoms with van der Waals surface area (Å²) >= 11 is 0. The molecule has 1 aliphatic heterocycles. The van der Waals surface area contributed by atoms with Crippen molar-refractivity contribution >= 4 is 0 Å². The second kappa shape index (κ2) is 4.77. The Hall–Kier alpha value is -0.120. The molecule has 0 aliphatic carbocycles. The summed E-state index contributed by atoms with van der Waals surface area (Å²) in [5.74, 6) is 0. The molecule has 2 atom stereocenters. The molecule has 1 fully saturated rings. The van der Waals surface area contributed by atoms with Crippen molar-refractivity contribution in [3.8, 4) is 0 Å². The molecule has 2 unspecified atom stereocenters. The first kappa shape index (κ1) is 15.9. The number of morpholine rings is 1. The topological polar surface area (TPSA) is 38.5 Å². The Morgan fingerprint density at radius 1 is 1.06 bits per heavy atom. The molecule has 0 aromatic rings. The third-order valence-corrected chi connectivity index (χ3v) is 3.50. The minimum atomic E-state index is -0.111. The summed E-state index contributed by atoms with van der Waals surface area (Å²) < 4.78 is 6.15. The average molecular weight is 256 g/mol. The van der Waals surface area contributed by atoms with Gasteiger partial charge in [-0.05, 0) is 40.0 Å². The summed E-state index contributed by atoms with van der Waals surface area (Å²) in [4.78, 5) is 2.52. The maximum absolute atomic E-state index is 6.25. The van der Waals surface area contributed by atoms with Crippen LogP contribution in [0.5, 0.6) is 0 Å². The molecular weight excluding hydrogens is 224 g/mol. The highest BCUT2D eigenvalue weighted by atomic mass is 16.5. The van der Waals surface area contributed by atoms with Crippen LogP contribution in [0.15, 0.2) is 0 Å². The van der Waals surface area contributed by atoms with Crippen molar-refractivity contribution in [1.82, 2.24) is 4.90 Å². The van der Waals surface area contributed by atoms with Gasteiger partial charge >= 0.3 is 0 Å². The van der Waals surface area contributed by atoms with Crippen molar-refractivity contribution in [1.29, 1.82) is 0 Å². The Morgan fingerprint density at radius 2 is 1.44 bits per heavy atom. The fraction of sp³-hybridized carbons (Fsp3) is 1.00. The molecule has 0 radical (unpaired) electrons. The molecule has 18 heavy (non-hydrogen) atoms. The van der Waals surface area contributed by atoms with Crippen LogP contribution in [-0.2, 0) is 4.74 Å². The second-order valence-corrected chi connectivity index (χ2v) is 8.20. The van der Waals surface area contributed by atoms with Gasteiger partial charge in [0.15, 0.2) is 0 Å². The standard InChI is InChI=1S/C15H32N2O/c1-11(16)12(13(2,3)4)17-9-14(5,6)18-15(7,8)10-17/h11-12H,9-10,16H2,1-8H3. The number of ether oxygens (including phenoxy) is 1. The van der Waals surface area contributed by atoms with Gasteiger partial charge in [-0.15, -0.1) is 0 Å². The number of rotatable bonds is 2. The van der Waals surface area contributed by atoms with Gasteiger partial charge in [-0.1, -0.05) is 20.8 Å². The number of nitrogens with zero attached hydrogens (tertiary/aromatic N) is 1. The lowest BCUT2D eigenvalue weighted by atomic mass is 9.80. The summed E-state index contributed by atoms with van der Waals surface area (Å²) in [5.41, 5.74) is 6.20. The first-order valence-electron chi connectivity index (χ1n) is 7.04. The molecule has 0 amide bonds. The molecule has 3 nitrogen and oxygen atoms in total. The molecule has 1 aliphatic rings. The van der Waals surface area contributed by atoms with Gasteiger partial charge in [-0.25, -0.2) is 0 Å². The van der Waals surface area contributed by atoms with E-state index in [2.05, 4.69) is 60.3 Å². The van der Waals surface area contributed by atoms with Crippen LogP contribution >= 0.6 is 0 Å². The summed E-state index contributed by atoms with van der Waals surface area (Å²) in [6, 6.07) is 0.537. The third-order valence-electron chi connectivity index (χ3n) is 3.50. The largest absolute Gasteiger partial charge is 0.367 e. The van der Waals surface area contributed by atoms with Crippen LogP contribution in [0, 0.1) is 5.41 Å². The molecule has 3 heteroatoms. The van der Waals surface area contributed by atoms with Crippen LogP contribution in [0.4, 0.5) is 0 Å². The molecule has 1 saturated heterocycles. The summed E-state index contributed by atoms with van der Waals surface area (Å²) in [5, 5.41) is 0. The minimum absolute atomic E-state index is 0.111. The van der Waals surface area contributed by atoms with Crippen LogP contribution in [0.25, 0.3) is 0 Å². The lowest BCUT2D eigenvalue weighted by Crippen LogP contribution is -2.64. The van der Waals surface area contributed by atoms with Gasteiger partial charge in [-0.3, -0.25) is 4.90 Å². The van der Waals surface area contributed by atoms with E-state index in [0.717, 1.165) is 13.1 Å². The van der Waals surface area contributed by atoms with Gasteiger partial charge in [-0.2, -0.15) is 0 Å². The number of nitrogens with two attached hydrogens (primary N) is 1. The van der Waals surface area contributed by atoms with E-state index in [1.165, 1.54) is 0 Å². The maximum Gasteiger partial charge on any atom is 0.0760 e. The first-order chi connectivity index (χ1) is 7.84. The molecule has 0 spiro atoms. The zero-order chi connectivity index (χ0) is 14.4. The predicted molar refractivity (Wildman–Crippen MR) is 77.7 cm³/mol. The molecule has 0 bridgehead atoms. The quantitative estimate of drug-likeness (QED) is 0.825. The Morgan fingerprint density at radius 3 is 1.72 bits per heavy atom. The monoisotopic (exact) mass is 256 g/mol. The molecular formula is C15H32N2O. The SMILES string of the molecule is CC(N)C(N1CC(C)(C)OC(C)(C)C1)C(C)(C)C. The van der Waals surface area contributed by atoms with E-state index in [9.17, 15) is 0 Å². The Balaban J connectivity index is 2.99. The van der Waals surface area contributed by atoms with Crippen LogP contribution < -0.4 is 5.73 Å². The Bertz CT molecular complexity index is 269. The molecule has 1 heterocycles. The van der Waals surface area contributed by atoms with E-state index in [0.29, 0.717) is 6.04 Å². The lowest BCUT2D eigenvalue weighted by molar-refractivity contribution is -0.195. The van der Waals surface area contributed by atoms with Gasteiger partial charge in [0.2, 0.25) is 0 Å². The van der Waals surface area contributed by atoms with Crippen LogP contribution in [0.3, 0.4) is 0 Å². The zero-order valence-corrected chi connectivity index (χ0v) is 13.5. The zero-order valence-electron chi connectivity index (χ0n) is 13.5. The van der Waals surface area contributed by atoms with Gasteiger partial charge in [0, 0.05) is 25.2 Å². The molecule has 0 aromatic carbocycles. The van der Waals surface area contributed by atoms with Crippen molar-refractivity contribution in [2.24, 2.45) is 11.1 Å². The fourth-order valence-electron chi connectivity index (χ4n) is 3.71. The van der Waals surface area contributed by atoms with Crippen LogP contribution in [0.1, 0.15) is 55.4 Å². The maximum atomic E-state index is 6.25. The Kier molecular flexibility index (Phi) is 4.22. The average Bonchev–Trinajstić information content (AvgIpc) is 1.91. The van der Waals surface area contributed by atoms with Gasteiger partial charge < -0.3 is 10.5 Å². The van der Waals surface area contributed by atoms with Gasteiger partial charge in [0.25, 0.3) is 0 Å². The van der Waals surface area contributed by atoms with E-state index in [-0.39, 0.29) is 22.7 Å². The fourth-order valence-corrected chi connectivity index (χ4v) is 3.71. The molecule has 2 N–H and O–H groups in total. The number of hydrogen-bond acceptors (Lipinski definition) is 3. The summed E-state index contributed by atoms with van der Waals surface area (Å²) in [6.07, 6.45) is 0. The highest BCUT2D eigenvalue weighted by Gasteiger charge is 2.44. The molecule has 1 rings (SSSR count). The highest BCUT2D eigenvalue weighted by molar-refractivity contribution is 4.97. The van der Waals surface area contributed by atoms with Crippen molar-refractivity contribution in [3.63, 3.8) is 0 Å². The Labute approximate surface area is 113 Å². The normalized spacial score (nSPS) is 27.8. The van der Waals surface area contributed by atoms with Crippen molar-refractivity contribution in [2.75, 3.05) is 13.1 Å². The van der Waals surface area contributed by atoms with E-state index in [4.69, 9.17) is 10.5 Å². The molecule has 108 valence electrons. The van der Waals surface area contributed by atoms with Crippen molar-refractivity contribution < 1.29 is 4.74 Å². The smallest absolute Gasteiger partial charge is 0.0760 e. The van der Waals surface area contributed by atoms with Crippen molar-refractivity contribution in [3.05, 3.63) is 0 Å². The van der Waals surface area contributed by atoms with Gasteiger partial charge in [0.05, 0.1) is 11.2 Å². The first-order valence-corrected chi connectivity index (χ1v) is 7.04.